The third-order valence-electron chi connectivity index (χ3n) is 6.02. The summed E-state index contributed by atoms with van der Waals surface area (Å²) in [5.41, 5.74) is 0.912. The molecule has 1 aromatic heterocycles. The number of benzene rings is 1. The normalized spacial score (nSPS) is 18.7. The number of hydrogen-bond acceptors (Lipinski definition) is 7. The summed E-state index contributed by atoms with van der Waals surface area (Å²) in [5, 5.41) is 3.50. The van der Waals surface area contributed by atoms with Crippen molar-refractivity contribution in [2.45, 2.75) is 50.0 Å². The van der Waals surface area contributed by atoms with Crippen molar-refractivity contribution in [3.05, 3.63) is 36.0 Å². The first-order valence-electron chi connectivity index (χ1n) is 11.0. The summed E-state index contributed by atoms with van der Waals surface area (Å²) in [6.45, 7) is 3.97. The fourth-order valence-electron chi connectivity index (χ4n) is 4.28. The largest absolute Gasteiger partial charge is 0.497 e. The van der Waals surface area contributed by atoms with Crippen molar-refractivity contribution in [3.63, 3.8) is 0 Å². The lowest BCUT2D eigenvalue weighted by Crippen LogP contribution is -2.49. The van der Waals surface area contributed by atoms with Crippen molar-refractivity contribution >= 4 is 21.8 Å². The minimum Gasteiger partial charge on any atom is -0.497 e. The van der Waals surface area contributed by atoms with Crippen LogP contribution in [0.4, 0.5) is 11.8 Å². The Bertz CT molecular complexity index is 1000. The van der Waals surface area contributed by atoms with Crippen molar-refractivity contribution in [1.29, 1.82) is 0 Å². The van der Waals surface area contributed by atoms with E-state index >= 15 is 0 Å². The second kappa shape index (κ2) is 9.40. The number of ether oxygens (including phenoxy) is 1. The Kier molecular flexibility index (Phi) is 6.62. The maximum atomic E-state index is 13.0. The molecule has 1 aromatic carbocycles. The van der Waals surface area contributed by atoms with Crippen molar-refractivity contribution in [2.75, 3.05) is 43.5 Å². The molecule has 2 aromatic rings. The monoisotopic (exact) mass is 445 g/mol. The number of aryl methyl sites for hydroxylation is 1. The van der Waals surface area contributed by atoms with Crippen LogP contribution in [0.15, 0.2) is 35.2 Å². The average Bonchev–Trinajstić information content (AvgIpc) is 2.79. The molecule has 8 nitrogen and oxygen atoms in total. The molecule has 1 saturated heterocycles. The standard InChI is InChI=1S/C22H31N5O3S/c1-17-15-21(25-22(23-17)24-18-7-4-3-5-8-18)26-11-13-27(14-12-26)31(28,29)20-10-6-9-19(16-20)30-2/h6,9-10,15-16,18H,3-5,7-8,11-14H2,1-2H3,(H,23,24,25). The van der Waals surface area contributed by atoms with Gasteiger partial charge in [0.1, 0.15) is 11.6 Å². The minimum atomic E-state index is -3.55. The van der Waals surface area contributed by atoms with E-state index in [0.29, 0.717) is 43.9 Å². The van der Waals surface area contributed by atoms with E-state index in [0.717, 1.165) is 24.4 Å². The van der Waals surface area contributed by atoms with Gasteiger partial charge in [-0.1, -0.05) is 25.3 Å². The van der Waals surface area contributed by atoms with Gasteiger partial charge in [0.15, 0.2) is 0 Å². The SMILES string of the molecule is COc1cccc(S(=O)(=O)N2CCN(c3cc(C)nc(NC4CCCCC4)n3)CC2)c1. The fraction of sp³-hybridized carbons (Fsp3) is 0.545. The lowest BCUT2D eigenvalue weighted by Gasteiger charge is -2.35. The van der Waals surface area contributed by atoms with Crippen LogP contribution >= 0.6 is 0 Å². The van der Waals surface area contributed by atoms with E-state index in [-0.39, 0.29) is 4.90 Å². The van der Waals surface area contributed by atoms with Crippen LogP contribution in [0.5, 0.6) is 5.75 Å². The summed E-state index contributed by atoms with van der Waals surface area (Å²) in [7, 11) is -2.02. The van der Waals surface area contributed by atoms with E-state index < -0.39 is 10.0 Å². The zero-order chi connectivity index (χ0) is 21.8. The summed E-state index contributed by atoms with van der Waals surface area (Å²) in [6, 6.07) is 9.03. The number of aromatic nitrogens is 2. The molecule has 2 aliphatic rings. The molecule has 4 rings (SSSR count). The number of piperazine rings is 1. The predicted molar refractivity (Wildman–Crippen MR) is 121 cm³/mol. The van der Waals surface area contributed by atoms with Crippen LogP contribution < -0.4 is 15.0 Å². The summed E-state index contributed by atoms with van der Waals surface area (Å²) in [6.07, 6.45) is 6.13. The highest BCUT2D eigenvalue weighted by Gasteiger charge is 2.29. The highest BCUT2D eigenvalue weighted by molar-refractivity contribution is 7.89. The molecule has 0 unspecified atom stereocenters. The van der Waals surface area contributed by atoms with Crippen molar-refractivity contribution in [1.82, 2.24) is 14.3 Å². The highest BCUT2D eigenvalue weighted by atomic mass is 32.2. The number of methoxy groups -OCH3 is 1. The number of anilines is 2. The lowest BCUT2D eigenvalue weighted by molar-refractivity contribution is 0.382. The van der Waals surface area contributed by atoms with Crippen LogP contribution in [0, 0.1) is 6.92 Å². The number of sulfonamides is 1. The van der Waals surface area contributed by atoms with Gasteiger partial charge in [-0.25, -0.2) is 13.4 Å². The topological polar surface area (TPSA) is 87.7 Å². The van der Waals surface area contributed by atoms with Crippen molar-refractivity contribution in [3.8, 4) is 5.75 Å². The molecule has 0 atom stereocenters. The van der Waals surface area contributed by atoms with Crippen LogP contribution in [-0.2, 0) is 10.0 Å². The Hall–Kier alpha value is -2.39. The maximum Gasteiger partial charge on any atom is 0.243 e. The van der Waals surface area contributed by atoms with Gasteiger partial charge in [-0.15, -0.1) is 0 Å². The van der Waals surface area contributed by atoms with Crippen molar-refractivity contribution < 1.29 is 13.2 Å². The van der Waals surface area contributed by atoms with E-state index in [4.69, 9.17) is 9.72 Å². The molecule has 168 valence electrons. The Balaban J connectivity index is 1.43. The van der Waals surface area contributed by atoms with Gasteiger partial charge in [-0.2, -0.15) is 9.29 Å². The summed E-state index contributed by atoms with van der Waals surface area (Å²) in [4.78, 5) is 11.7. The molecule has 9 heteroatoms. The van der Waals surface area contributed by atoms with Crippen LogP contribution in [0.2, 0.25) is 0 Å². The Labute approximate surface area is 184 Å². The number of nitrogens with one attached hydrogen (secondary N) is 1. The van der Waals surface area contributed by atoms with Gasteiger partial charge in [-0.05, 0) is 31.9 Å². The number of hydrogen-bond donors (Lipinski definition) is 1. The molecule has 1 aliphatic heterocycles. The molecule has 2 heterocycles. The van der Waals surface area contributed by atoms with Gasteiger partial charge in [-0.3, -0.25) is 0 Å². The highest BCUT2D eigenvalue weighted by Crippen LogP contribution is 2.25. The van der Waals surface area contributed by atoms with E-state index in [1.165, 1.54) is 30.7 Å². The molecule has 0 amide bonds. The van der Waals surface area contributed by atoms with E-state index in [1.54, 1.807) is 24.3 Å². The maximum absolute atomic E-state index is 13.0. The van der Waals surface area contributed by atoms with Gasteiger partial charge in [0.2, 0.25) is 16.0 Å². The van der Waals surface area contributed by atoms with Crippen LogP contribution in [0.1, 0.15) is 37.8 Å². The quantitative estimate of drug-likeness (QED) is 0.731. The molecule has 1 saturated carbocycles. The Morgan fingerprint density at radius 1 is 1.03 bits per heavy atom. The zero-order valence-corrected chi connectivity index (χ0v) is 19.1. The molecule has 2 fully saturated rings. The molecule has 0 bridgehead atoms. The smallest absolute Gasteiger partial charge is 0.243 e. The molecule has 1 N–H and O–H groups in total. The third kappa shape index (κ3) is 5.10. The molecule has 0 spiro atoms. The Morgan fingerprint density at radius 2 is 1.77 bits per heavy atom. The van der Waals surface area contributed by atoms with E-state index in [2.05, 4.69) is 15.2 Å². The van der Waals surface area contributed by atoms with Crippen LogP contribution in [-0.4, -0.2) is 62.0 Å². The van der Waals surface area contributed by atoms with Crippen LogP contribution in [0.3, 0.4) is 0 Å². The molecule has 1 aliphatic carbocycles. The summed E-state index contributed by atoms with van der Waals surface area (Å²) < 4.78 is 32.8. The zero-order valence-electron chi connectivity index (χ0n) is 18.2. The first-order chi connectivity index (χ1) is 15.0. The lowest BCUT2D eigenvalue weighted by atomic mass is 9.96. The average molecular weight is 446 g/mol. The van der Waals surface area contributed by atoms with E-state index in [1.807, 2.05) is 13.0 Å². The fourth-order valence-corrected chi connectivity index (χ4v) is 5.73. The first kappa shape index (κ1) is 21.8. The summed E-state index contributed by atoms with van der Waals surface area (Å²) >= 11 is 0. The molecule has 31 heavy (non-hydrogen) atoms. The second-order valence-corrected chi connectivity index (χ2v) is 10.2. The minimum absolute atomic E-state index is 0.261. The number of rotatable bonds is 6. The van der Waals surface area contributed by atoms with E-state index in [9.17, 15) is 8.42 Å². The Morgan fingerprint density at radius 3 is 2.48 bits per heavy atom. The molecule has 0 radical (unpaired) electrons. The van der Waals surface area contributed by atoms with Crippen molar-refractivity contribution in [2.24, 2.45) is 0 Å². The number of nitrogens with zero attached hydrogens (tertiary/aromatic N) is 4. The predicted octanol–water partition coefficient (Wildman–Crippen LogP) is 3.05. The van der Waals surface area contributed by atoms with Gasteiger partial charge in [0.05, 0.1) is 12.0 Å². The van der Waals surface area contributed by atoms with Gasteiger partial charge >= 0.3 is 0 Å². The van der Waals surface area contributed by atoms with Gasteiger partial charge < -0.3 is 15.0 Å². The first-order valence-corrected chi connectivity index (χ1v) is 12.4. The van der Waals surface area contributed by atoms with Gasteiger partial charge in [0, 0.05) is 50.0 Å². The third-order valence-corrected chi connectivity index (χ3v) is 7.92. The van der Waals surface area contributed by atoms with Gasteiger partial charge in [0.25, 0.3) is 0 Å². The van der Waals surface area contributed by atoms with Crippen LogP contribution in [0.25, 0.3) is 0 Å². The summed E-state index contributed by atoms with van der Waals surface area (Å²) in [5.74, 6) is 2.06. The second-order valence-electron chi connectivity index (χ2n) is 8.24. The molecular weight excluding hydrogens is 414 g/mol. The molecular formula is C22H31N5O3S.